The summed E-state index contributed by atoms with van der Waals surface area (Å²) in [6, 6.07) is 0. The van der Waals surface area contributed by atoms with E-state index in [1.54, 1.807) is 0 Å². The van der Waals surface area contributed by atoms with Gasteiger partial charge in [-0.1, -0.05) is 6.92 Å². The summed E-state index contributed by atoms with van der Waals surface area (Å²) in [5.74, 6) is 0.427. The molecule has 0 radical (unpaired) electrons. The number of sulfone groups is 1. The van der Waals surface area contributed by atoms with Crippen molar-refractivity contribution in [2.24, 2.45) is 5.92 Å². The minimum absolute atomic E-state index is 0.119. The molecule has 0 amide bonds. The lowest BCUT2D eigenvalue weighted by molar-refractivity contribution is -0.116. The molecule has 5 heteroatoms. The fourth-order valence-electron chi connectivity index (χ4n) is 3.51. The molecule has 0 aromatic rings. The first kappa shape index (κ1) is 11.9. The molecule has 0 bridgehead atoms. The van der Waals surface area contributed by atoms with E-state index in [4.69, 9.17) is 9.47 Å². The standard InChI is InChI=1S/C12H20O4S/c1-2-9-3-4-11(17(9,13)14)10-7-8-5-6-15-12(8)16-10/h8-12H,2-7H2,1H3. The number of hydrogen-bond acceptors (Lipinski definition) is 4. The number of hydrogen-bond donors (Lipinski definition) is 0. The van der Waals surface area contributed by atoms with Gasteiger partial charge in [-0.3, -0.25) is 0 Å². The van der Waals surface area contributed by atoms with Crippen LogP contribution in [-0.4, -0.2) is 37.9 Å². The van der Waals surface area contributed by atoms with Gasteiger partial charge in [0, 0.05) is 5.92 Å². The summed E-state index contributed by atoms with van der Waals surface area (Å²) < 4.78 is 35.9. The molecule has 4 nitrogen and oxygen atoms in total. The molecular weight excluding hydrogens is 240 g/mol. The lowest BCUT2D eigenvalue weighted by atomic mass is 9.99. The summed E-state index contributed by atoms with van der Waals surface area (Å²) >= 11 is 0. The molecule has 3 saturated heterocycles. The molecule has 3 aliphatic rings. The Labute approximate surface area is 103 Å². The zero-order valence-corrected chi connectivity index (χ0v) is 11.0. The van der Waals surface area contributed by atoms with Gasteiger partial charge in [0.2, 0.25) is 0 Å². The monoisotopic (exact) mass is 260 g/mol. The molecule has 0 aromatic carbocycles. The molecule has 0 saturated carbocycles. The molecular formula is C12H20O4S. The van der Waals surface area contributed by atoms with E-state index in [9.17, 15) is 8.42 Å². The van der Waals surface area contributed by atoms with Crippen molar-refractivity contribution >= 4 is 9.84 Å². The van der Waals surface area contributed by atoms with Gasteiger partial charge in [0.05, 0.1) is 23.2 Å². The number of fused-ring (bicyclic) bond motifs is 1. The Morgan fingerprint density at radius 2 is 2.06 bits per heavy atom. The molecule has 0 aliphatic carbocycles. The Balaban J connectivity index is 1.74. The van der Waals surface area contributed by atoms with Crippen LogP contribution in [0, 0.1) is 5.92 Å². The van der Waals surface area contributed by atoms with Crippen molar-refractivity contribution < 1.29 is 17.9 Å². The summed E-state index contributed by atoms with van der Waals surface area (Å²) in [6.07, 6.45) is 3.94. The molecule has 98 valence electrons. The van der Waals surface area contributed by atoms with Crippen molar-refractivity contribution in [2.45, 2.75) is 61.9 Å². The third-order valence-electron chi connectivity index (χ3n) is 4.53. The average molecular weight is 260 g/mol. The molecule has 3 fully saturated rings. The van der Waals surface area contributed by atoms with Crippen molar-refractivity contribution in [3.63, 3.8) is 0 Å². The average Bonchev–Trinajstić information content (AvgIpc) is 2.88. The minimum Gasteiger partial charge on any atom is -0.352 e. The van der Waals surface area contributed by atoms with Gasteiger partial charge in [0.25, 0.3) is 0 Å². The normalized spacial score (nSPS) is 48.4. The summed E-state index contributed by atoms with van der Waals surface area (Å²) in [6.45, 7) is 2.72. The van der Waals surface area contributed by atoms with Crippen LogP contribution in [-0.2, 0) is 19.3 Å². The first-order valence-corrected chi connectivity index (χ1v) is 8.23. The largest absolute Gasteiger partial charge is 0.352 e. The Hall–Kier alpha value is -0.130. The van der Waals surface area contributed by atoms with Crippen LogP contribution in [0.2, 0.25) is 0 Å². The van der Waals surface area contributed by atoms with E-state index < -0.39 is 9.84 Å². The summed E-state index contributed by atoms with van der Waals surface area (Å²) in [7, 11) is -2.97. The molecule has 17 heavy (non-hydrogen) atoms. The number of rotatable bonds is 2. The van der Waals surface area contributed by atoms with Crippen LogP contribution >= 0.6 is 0 Å². The summed E-state index contributed by atoms with van der Waals surface area (Å²) in [4.78, 5) is 0. The molecule has 0 N–H and O–H groups in total. The van der Waals surface area contributed by atoms with Gasteiger partial charge in [0.15, 0.2) is 16.1 Å². The van der Waals surface area contributed by atoms with Gasteiger partial charge >= 0.3 is 0 Å². The fourth-order valence-corrected chi connectivity index (χ4v) is 6.00. The molecule has 3 aliphatic heterocycles. The van der Waals surface area contributed by atoms with Gasteiger partial charge in [-0.25, -0.2) is 8.42 Å². The van der Waals surface area contributed by atoms with E-state index in [2.05, 4.69) is 0 Å². The first-order chi connectivity index (χ1) is 8.13. The maximum absolute atomic E-state index is 12.3. The second kappa shape index (κ2) is 4.21. The van der Waals surface area contributed by atoms with Crippen LogP contribution in [0.4, 0.5) is 0 Å². The van der Waals surface area contributed by atoms with Crippen molar-refractivity contribution in [2.75, 3.05) is 6.61 Å². The Morgan fingerprint density at radius 1 is 1.24 bits per heavy atom. The van der Waals surface area contributed by atoms with Gasteiger partial charge in [0.1, 0.15) is 0 Å². The van der Waals surface area contributed by atoms with Gasteiger partial charge in [-0.05, 0) is 32.1 Å². The second-order valence-corrected chi connectivity index (χ2v) is 7.88. The van der Waals surface area contributed by atoms with Crippen molar-refractivity contribution in [1.82, 2.24) is 0 Å². The topological polar surface area (TPSA) is 52.6 Å². The molecule has 5 unspecified atom stereocenters. The Kier molecular flexibility index (Phi) is 2.96. The third kappa shape index (κ3) is 1.83. The molecule has 0 spiro atoms. The Morgan fingerprint density at radius 3 is 2.71 bits per heavy atom. The van der Waals surface area contributed by atoms with E-state index in [0.29, 0.717) is 5.92 Å². The predicted molar refractivity (Wildman–Crippen MR) is 63.4 cm³/mol. The van der Waals surface area contributed by atoms with E-state index >= 15 is 0 Å². The smallest absolute Gasteiger partial charge is 0.160 e. The highest BCUT2D eigenvalue weighted by molar-refractivity contribution is 7.93. The van der Waals surface area contributed by atoms with Gasteiger partial charge < -0.3 is 9.47 Å². The van der Waals surface area contributed by atoms with E-state index in [1.165, 1.54) is 0 Å². The van der Waals surface area contributed by atoms with Crippen molar-refractivity contribution in [3.8, 4) is 0 Å². The van der Waals surface area contributed by atoms with Crippen molar-refractivity contribution in [1.29, 1.82) is 0 Å². The molecule has 0 aromatic heterocycles. The SMILES string of the molecule is CCC1CCC(C2CC3CCOC3O2)S1(=O)=O. The third-order valence-corrected chi connectivity index (χ3v) is 7.41. The van der Waals surface area contributed by atoms with Crippen molar-refractivity contribution in [3.05, 3.63) is 0 Å². The quantitative estimate of drug-likeness (QED) is 0.755. The van der Waals surface area contributed by atoms with E-state index in [1.807, 2.05) is 6.92 Å². The van der Waals surface area contributed by atoms with Crippen LogP contribution in [0.15, 0.2) is 0 Å². The van der Waals surface area contributed by atoms with E-state index in [0.717, 1.165) is 38.7 Å². The minimum atomic E-state index is -2.97. The second-order valence-electron chi connectivity index (χ2n) is 5.43. The highest BCUT2D eigenvalue weighted by Gasteiger charge is 2.50. The number of ether oxygens (including phenoxy) is 2. The zero-order valence-electron chi connectivity index (χ0n) is 10.2. The highest BCUT2D eigenvalue weighted by Crippen LogP contribution is 2.42. The summed E-state index contributed by atoms with van der Waals surface area (Å²) in [5.41, 5.74) is 0. The van der Waals surface area contributed by atoms with E-state index in [-0.39, 0.29) is 22.9 Å². The zero-order chi connectivity index (χ0) is 12.0. The van der Waals surface area contributed by atoms with Gasteiger partial charge in [-0.15, -0.1) is 0 Å². The van der Waals surface area contributed by atoms with Crippen LogP contribution in [0.3, 0.4) is 0 Å². The van der Waals surface area contributed by atoms with Crippen LogP contribution < -0.4 is 0 Å². The molecule has 3 heterocycles. The molecule has 5 atom stereocenters. The Bertz CT molecular complexity index is 379. The highest BCUT2D eigenvalue weighted by atomic mass is 32.2. The maximum Gasteiger partial charge on any atom is 0.160 e. The van der Waals surface area contributed by atoms with Crippen LogP contribution in [0.25, 0.3) is 0 Å². The first-order valence-electron chi connectivity index (χ1n) is 6.62. The van der Waals surface area contributed by atoms with Gasteiger partial charge in [-0.2, -0.15) is 0 Å². The maximum atomic E-state index is 12.3. The fraction of sp³-hybridized carbons (Fsp3) is 1.00. The van der Waals surface area contributed by atoms with Crippen LogP contribution in [0.1, 0.15) is 39.0 Å². The molecule has 3 rings (SSSR count). The summed E-state index contributed by atoms with van der Waals surface area (Å²) in [5, 5.41) is -0.417. The predicted octanol–water partition coefficient (Wildman–Crippen LogP) is 1.49. The van der Waals surface area contributed by atoms with Crippen LogP contribution in [0.5, 0.6) is 0 Å². The lowest BCUT2D eigenvalue weighted by Crippen LogP contribution is -2.33. The lowest BCUT2D eigenvalue weighted by Gasteiger charge is -2.19.